The second-order valence-electron chi connectivity index (χ2n) is 5.00. The van der Waals surface area contributed by atoms with Crippen molar-refractivity contribution in [2.75, 3.05) is 19.6 Å². The van der Waals surface area contributed by atoms with E-state index in [1.54, 1.807) is 6.29 Å². The second-order valence-corrected chi connectivity index (χ2v) is 5.00. The number of guanidine groups is 1. The maximum absolute atomic E-state index is 11.6. The van der Waals surface area contributed by atoms with Crippen LogP contribution in [0, 0.1) is 5.41 Å². The smallest absolute Gasteiger partial charge is 0.239 e. The highest BCUT2D eigenvalue weighted by Crippen LogP contribution is 1.93. The molecule has 0 saturated carbocycles. The molecule has 0 spiro atoms. The third-order valence-corrected chi connectivity index (χ3v) is 2.75. The molecule has 2 atom stereocenters. The van der Waals surface area contributed by atoms with E-state index in [-0.39, 0.29) is 19.0 Å². The number of hydrogen-bond donors (Lipinski definition) is 7. The summed E-state index contributed by atoms with van der Waals surface area (Å²) in [5.74, 6) is -1.78. The summed E-state index contributed by atoms with van der Waals surface area (Å²) in [6.45, 7) is 1.23. The number of amides is 3. The van der Waals surface area contributed by atoms with Gasteiger partial charge >= 0.3 is 0 Å². The highest BCUT2D eigenvalue weighted by atomic mass is 16.2. The van der Waals surface area contributed by atoms with Crippen molar-refractivity contribution < 1.29 is 19.2 Å². The van der Waals surface area contributed by atoms with Crippen molar-refractivity contribution in [3.63, 3.8) is 0 Å². The first kappa shape index (κ1) is 21.3. The van der Waals surface area contributed by atoms with Crippen LogP contribution in [0.15, 0.2) is 0 Å². The van der Waals surface area contributed by atoms with Crippen LogP contribution >= 0.6 is 0 Å². The number of nitrogens with two attached hydrogens (primary N) is 2. The van der Waals surface area contributed by atoms with Crippen molar-refractivity contribution in [3.8, 4) is 0 Å². The van der Waals surface area contributed by atoms with Gasteiger partial charge in [-0.25, -0.2) is 0 Å². The summed E-state index contributed by atoms with van der Waals surface area (Å²) < 4.78 is 0. The fourth-order valence-corrected chi connectivity index (χ4v) is 1.50. The SMILES string of the molecule is CC(N)C(=O)NCC(=O)NCC(=O)NC([C]=O)CCCNC(=N)N. The van der Waals surface area contributed by atoms with Crippen molar-refractivity contribution in [3.05, 3.63) is 0 Å². The van der Waals surface area contributed by atoms with Gasteiger partial charge in [-0.1, -0.05) is 0 Å². The Hall–Kier alpha value is -2.69. The van der Waals surface area contributed by atoms with Gasteiger partial charge in [-0.2, -0.15) is 0 Å². The lowest BCUT2D eigenvalue weighted by Crippen LogP contribution is -2.47. The standard InChI is InChI=1S/C13H24N7O4/c1-8(14)12(24)19-5-10(22)18-6-11(23)20-9(7-21)3-2-4-17-13(15)16/h8-9H,2-6,14H2,1H3,(H,18,22)(H,19,24)(H,20,23)(H4,15,16,17). The highest BCUT2D eigenvalue weighted by Gasteiger charge is 2.14. The van der Waals surface area contributed by atoms with Crippen molar-refractivity contribution in [2.45, 2.75) is 31.8 Å². The molecule has 0 fully saturated rings. The number of rotatable bonds is 11. The molecule has 135 valence electrons. The van der Waals surface area contributed by atoms with Gasteiger partial charge in [-0.15, -0.1) is 0 Å². The molecule has 0 heterocycles. The number of nitrogens with one attached hydrogen (secondary N) is 5. The third-order valence-electron chi connectivity index (χ3n) is 2.75. The van der Waals surface area contributed by atoms with Gasteiger partial charge in [0, 0.05) is 6.54 Å². The van der Waals surface area contributed by atoms with Crippen LogP contribution in [0.1, 0.15) is 19.8 Å². The Kier molecular flexibility index (Phi) is 10.5. The molecule has 0 aromatic carbocycles. The van der Waals surface area contributed by atoms with E-state index >= 15 is 0 Å². The second kappa shape index (κ2) is 11.8. The van der Waals surface area contributed by atoms with E-state index in [0.717, 1.165) is 0 Å². The van der Waals surface area contributed by atoms with Crippen LogP contribution in [-0.4, -0.2) is 61.7 Å². The lowest BCUT2D eigenvalue weighted by Gasteiger charge is -2.13. The summed E-state index contributed by atoms with van der Waals surface area (Å²) in [5.41, 5.74) is 10.4. The van der Waals surface area contributed by atoms with E-state index in [2.05, 4.69) is 21.3 Å². The average molecular weight is 342 g/mol. The minimum absolute atomic E-state index is 0.176. The first-order valence-corrected chi connectivity index (χ1v) is 7.31. The van der Waals surface area contributed by atoms with Crippen molar-refractivity contribution in [2.24, 2.45) is 11.5 Å². The molecule has 0 aliphatic carbocycles. The Morgan fingerprint density at radius 1 is 1.12 bits per heavy atom. The first-order valence-electron chi connectivity index (χ1n) is 7.31. The van der Waals surface area contributed by atoms with E-state index in [0.29, 0.717) is 19.4 Å². The summed E-state index contributed by atoms with van der Waals surface area (Å²) in [6, 6.07) is -1.55. The first-order chi connectivity index (χ1) is 11.3. The molecule has 24 heavy (non-hydrogen) atoms. The Bertz CT molecular complexity index is 467. The molecule has 0 aromatic rings. The van der Waals surface area contributed by atoms with E-state index < -0.39 is 29.8 Å². The minimum Gasteiger partial charge on any atom is -0.370 e. The fourth-order valence-electron chi connectivity index (χ4n) is 1.50. The predicted octanol–water partition coefficient (Wildman–Crippen LogP) is -3.58. The molecule has 9 N–H and O–H groups in total. The molecule has 0 bridgehead atoms. The zero-order valence-corrected chi connectivity index (χ0v) is 13.5. The Morgan fingerprint density at radius 3 is 2.29 bits per heavy atom. The molecule has 1 radical (unpaired) electrons. The summed E-state index contributed by atoms with van der Waals surface area (Å²) in [6.07, 6.45) is 2.49. The van der Waals surface area contributed by atoms with Gasteiger partial charge in [0.2, 0.25) is 24.0 Å². The van der Waals surface area contributed by atoms with E-state index in [1.807, 2.05) is 0 Å². The largest absolute Gasteiger partial charge is 0.370 e. The molecule has 0 aliphatic heterocycles. The Balaban J connectivity index is 3.96. The predicted molar refractivity (Wildman–Crippen MR) is 86.4 cm³/mol. The molecular formula is C13H24N7O4. The van der Waals surface area contributed by atoms with Gasteiger partial charge in [-0.3, -0.25) is 24.6 Å². The maximum atomic E-state index is 11.6. The minimum atomic E-state index is -0.819. The normalized spacial score (nSPS) is 12.4. The molecule has 11 nitrogen and oxygen atoms in total. The third kappa shape index (κ3) is 11.0. The Morgan fingerprint density at radius 2 is 1.75 bits per heavy atom. The van der Waals surface area contributed by atoms with Gasteiger partial charge in [0.25, 0.3) is 0 Å². The van der Waals surface area contributed by atoms with Gasteiger partial charge in [0.1, 0.15) is 0 Å². The van der Waals surface area contributed by atoms with Crippen LogP contribution in [0.2, 0.25) is 0 Å². The number of hydrogen-bond acceptors (Lipinski definition) is 6. The number of carbonyl (C=O) groups is 3. The van der Waals surface area contributed by atoms with Crippen LogP contribution in [0.3, 0.4) is 0 Å². The van der Waals surface area contributed by atoms with Crippen molar-refractivity contribution in [1.29, 1.82) is 5.41 Å². The summed E-state index contributed by atoms with van der Waals surface area (Å²) in [5, 5.41) is 16.5. The van der Waals surface area contributed by atoms with Crippen LogP contribution in [0.4, 0.5) is 0 Å². The topological polar surface area (TPSA) is 192 Å². The fraction of sp³-hybridized carbons (Fsp3) is 0.615. The average Bonchev–Trinajstić information content (AvgIpc) is 2.52. The molecule has 11 heteroatoms. The van der Waals surface area contributed by atoms with Crippen LogP contribution < -0.4 is 32.7 Å². The quantitative estimate of drug-likeness (QED) is 0.115. The van der Waals surface area contributed by atoms with Crippen LogP contribution in [0.25, 0.3) is 0 Å². The maximum Gasteiger partial charge on any atom is 0.239 e. The summed E-state index contributed by atoms with van der Waals surface area (Å²) in [4.78, 5) is 45.0. The van der Waals surface area contributed by atoms with Gasteiger partial charge in [0.05, 0.1) is 25.2 Å². The molecule has 0 saturated heterocycles. The molecule has 0 aliphatic rings. The van der Waals surface area contributed by atoms with Gasteiger partial charge < -0.3 is 32.7 Å². The molecule has 2 unspecified atom stereocenters. The summed E-state index contributed by atoms with van der Waals surface area (Å²) >= 11 is 0. The molecular weight excluding hydrogens is 318 g/mol. The van der Waals surface area contributed by atoms with E-state index in [9.17, 15) is 19.2 Å². The van der Waals surface area contributed by atoms with Gasteiger partial charge in [0.15, 0.2) is 5.96 Å². The van der Waals surface area contributed by atoms with Crippen molar-refractivity contribution in [1.82, 2.24) is 21.3 Å². The zero-order valence-electron chi connectivity index (χ0n) is 13.5. The van der Waals surface area contributed by atoms with Crippen LogP contribution in [-0.2, 0) is 19.2 Å². The molecule has 0 aromatic heterocycles. The van der Waals surface area contributed by atoms with Gasteiger partial charge in [-0.05, 0) is 19.8 Å². The Labute approximate surface area is 139 Å². The lowest BCUT2D eigenvalue weighted by atomic mass is 10.1. The zero-order chi connectivity index (χ0) is 18.5. The molecule has 0 rings (SSSR count). The van der Waals surface area contributed by atoms with E-state index in [4.69, 9.17) is 16.9 Å². The monoisotopic (exact) mass is 342 g/mol. The highest BCUT2D eigenvalue weighted by molar-refractivity contribution is 5.89. The van der Waals surface area contributed by atoms with Crippen LogP contribution in [0.5, 0.6) is 0 Å². The van der Waals surface area contributed by atoms with E-state index in [1.165, 1.54) is 6.92 Å². The summed E-state index contributed by atoms with van der Waals surface area (Å²) in [7, 11) is 0. The van der Waals surface area contributed by atoms with Crippen molar-refractivity contribution >= 4 is 30.0 Å². The lowest BCUT2D eigenvalue weighted by molar-refractivity contribution is -0.128. The molecule has 3 amide bonds. The number of carbonyl (C=O) groups excluding carboxylic acids is 4.